The molecular formula is C19H16FN5OS. The molecule has 0 bridgehead atoms. The molecule has 6 nitrogen and oxygen atoms in total. The second-order valence-electron chi connectivity index (χ2n) is 5.91. The molecule has 4 rings (SSSR count). The van der Waals surface area contributed by atoms with Crippen LogP contribution in [0.25, 0.3) is 11.4 Å². The van der Waals surface area contributed by atoms with E-state index in [1.807, 2.05) is 34.9 Å². The molecule has 4 aromatic rings. The fraction of sp³-hybridized carbons (Fsp3) is 0.158. The lowest BCUT2D eigenvalue weighted by molar-refractivity contribution is 0.387. The Labute approximate surface area is 159 Å². The summed E-state index contributed by atoms with van der Waals surface area (Å²) in [7, 11) is 0. The topological polar surface area (TPSA) is 69.6 Å². The molecule has 2 aromatic carbocycles. The van der Waals surface area contributed by atoms with Crippen LogP contribution < -0.4 is 0 Å². The molecule has 0 atom stereocenters. The monoisotopic (exact) mass is 381 g/mol. The van der Waals surface area contributed by atoms with Gasteiger partial charge in [0.2, 0.25) is 5.89 Å². The fourth-order valence-electron chi connectivity index (χ4n) is 2.64. The maximum atomic E-state index is 13.3. The van der Waals surface area contributed by atoms with E-state index in [0.717, 1.165) is 16.3 Å². The van der Waals surface area contributed by atoms with Crippen LogP contribution in [0, 0.1) is 12.7 Å². The molecule has 0 unspecified atom stereocenters. The summed E-state index contributed by atoms with van der Waals surface area (Å²) >= 11 is 1.47. The van der Waals surface area contributed by atoms with E-state index in [9.17, 15) is 4.39 Å². The van der Waals surface area contributed by atoms with Crippen molar-refractivity contribution in [2.75, 3.05) is 0 Å². The Morgan fingerprint density at radius 3 is 2.52 bits per heavy atom. The van der Waals surface area contributed by atoms with Crippen molar-refractivity contribution >= 4 is 11.8 Å². The van der Waals surface area contributed by atoms with Crippen LogP contribution in [0.4, 0.5) is 4.39 Å². The van der Waals surface area contributed by atoms with Gasteiger partial charge in [0.25, 0.3) is 0 Å². The third-order valence-electron chi connectivity index (χ3n) is 3.90. The Hall–Kier alpha value is -3.00. The summed E-state index contributed by atoms with van der Waals surface area (Å²) in [5, 5.41) is 13.2. The molecule has 0 saturated carbocycles. The summed E-state index contributed by atoms with van der Waals surface area (Å²) < 4.78 is 20.5. The van der Waals surface area contributed by atoms with Gasteiger partial charge in [-0.1, -0.05) is 47.3 Å². The van der Waals surface area contributed by atoms with Gasteiger partial charge in [0.15, 0.2) is 16.8 Å². The number of nitrogens with zero attached hydrogens (tertiary/aromatic N) is 5. The number of benzene rings is 2. The van der Waals surface area contributed by atoms with Crippen LogP contribution in [0.2, 0.25) is 0 Å². The average molecular weight is 381 g/mol. The van der Waals surface area contributed by atoms with Gasteiger partial charge in [0.1, 0.15) is 5.82 Å². The lowest BCUT2D eigenvalue weighted by atomic mass is 10.2. The smallest absolute Gasteiger partial charge is 0.237 e. The summed E-state index contributed by atoms with van der Waals surface area (Å²) in [6.45, 7) is 2.38. The van der Waals surface area contributed by atoms with E-state index in [1.54, 1.807) is 19.1 Å². The van der Waals surface area contributed by atoms with Gasteiger partial charge in [-0.05, 0) is 36.8 Å². The van der Waals surface area contributed by atoms with Crippen molar-refractivity contribution in [1.29, 1.82) is 0 Å². The summed E-state index contributed by atoms with van der Waals surface area (Å²) in [5.74, 6) is 2.03. The van der Waals surface area contributed by atoms with Gasteiger partial charge in [-0.15, -0.1) is 10.2 Å². The Balaban J connectivity index is 1.66. The van der Waals surface area contributed by atoms with Crippen molar-refractivity contribution in [3.8, 4) is 11.4 Å². The quantitative estimate of drug-likeness (QED) is 0.468. The van der Waals surface area contributed by atoms with Crippen LogP contribution in [0.5, 0.6) is 0 Å². The number of thioether (sulfide) groups is 1. The van der Waals surface area contributed by atoms with Crippen LogP contribution in [-0.4, -0.2) is 24.9 Å². The van der Waals surface area contributed by atoms with Gasteiger partial charge < -0.3 is 4.52 Å². The predicted octanol–water partition coefficient (Wildman–Crippen LogP) is 4.12. The first-order chi connectivity index (χ1) is 13.2. The van der Waals surface area contributed by atoms with Crippen LogP contribution in [0.15, 0.2) is 64.3 Å². The maximum Gasteiger partial charge on any atom is 0.237 e. The molecule has 2 aromatic heterocycles. The molecule has 2 heterocycles. The van der Waals surface area contributed by atoms with Crippen molar-refractivity contribution in [3.63, 3.8) is 0 Å². The highest BCUT2D eigenvalue weighted by atomic mass is 32.2. The molecular weight excluding hydrogens is 365 g/mol. The van der Waals surface area contributed by atoms with Crippen LogP contribution >= 0.6 is 11.8 Å². The zero-order valence-corrected chi connectivity index (χ0v) is 15.4. The fourth-order valence-corrected chi connectivity index (χ4v) is 3.42. The van der Waals surface area contributed by atoms with Gasteiger partial charge in [0, 0.05) is 5.56 Å². The van der Waals surface area contributed by atoms with Gasteiger partial charge in [-0.25, -0.2) is 4.39 Å². The molecule has 0 aliphatic rings. The Bertz CT molecular complexity index is 1030. The number of hydrogen-bond acceptors (Lipinski definition) is 6. The first-order valence-corrected chi connectivity index (χ1v) is 9.32. The number of rotatable bonds is 6. The highest BCUT2D eigenvalue weighted by molar-refractivity contribution is 7.98. The molecule has 27 heavy (non-hydrogen) atoms. The molecule has 0 amide bonds. The first kappa shape index (κ1) is 17.4. The van der Waals surface area contributed by atoms with Crippen molar-refractivity contribution in [3.05, 3.63) is 77.7 Å². The van der Waals surface area contributed by atoms with E-state index in [-0.39, 0.29) is 5.82 Å². The van der Waals surface area contributed by atoms with E-state index >= 15 is 0 Å². The third kappa shape index (κ3) is 4.06. The number of aryl methyl sites for hydroxylation is 1. The van der Waals surface area contributed by atoms with Crippen molar-refractivity contribution < 1.29 is 8.91 Å². The van der Waals surface area contributed by atoms with E-state index in [0.29, 0.717) is 29.8 Å². The van der Waals surface area contributed by atoms with Gasteiger partial charge >= 0.3 is 0 Å². The lowest BCUT2D eigenvalue weighted by Gasteiger charge is -2.10. The van der Waals surface area contributed by atoms with Crippen molar-refractivity contribution in [2.45, 2.75) is 24.4 Å². The van der Waals surface area contributed by atoms with Gasteiger partial charge in [-0.3, -0.25) is 4.57 Å². The van der Waals surface area contributed by atoms with Crippen LogP contribution in [0.3, 0.4) is 0 Å². The number of hydrogen-bond donors (Lipinski definition) is 0. The Morgan fingerprint density at radius 1 is 1.04 bits per heavy atom. The van der Waals surface area contributed by atoms with Gasteiger partial charge in [-0.2, -0.15) is 4.98 Å². The average Bonchev–Trinajstić information content (AvgIpc) is 3.28. The molecule has 0 fully saturated rings. The zero-order chi connectivity index (χ0) is 18.6. The third-order valence-corrected chi connectivity index (χ3v) is 4.85. The molecule has 0 aliphatic carbocycles. The summed E-state index contributed by atoms with van der Waals surface area (Å²) in [6.07, 6.45) is 0. The largest absolute Gasteiger partial charge is 0.338 e. The molecule has 0 spiro atoms. The molecule has 0 aliphatic heterocycles. The Morgan fingerprint density at radius 2 is 1.81 bits per heavy atom. The normalized spacial score (nSPS) is 11.0. The van der Waals surface area contributed by atoms with E-state index < -0.39 is 0 Å². The first-order valence-electron chi connectivity index (χ1n) is 8.34. The molecule has 0 saturated heterocycles. The highest BCUT2D eigenvalue weighted by Crippen LogP contribution is 2.27. The van der Waals surface area contributed by atoms with E-state index in [4.69, 9.17) is 4.52 Å². The maximum absolute atomic E-state index is 13.3. The zero-order valence-electron chi connectivity index (χ0n) is 14.5. The van der Waals surface area contributed by atoms with Crippen molar-refractivity contribution in [1.82, 2.24) is 24.9 Å². The van der Waals surface area contributed by atoms with E-state index in [2.05, 4.69) is 20.3 Å². The minimum absolute atomic E-state index is 0.283. The molecule has 0 radical (unpaired) electrons. The minimum Gasteiger partial charge on any atom is -0.338 e. The number of halogens is 1. The number of aromatic nitrogens is 5. The summed E-state index contributed by atoms with van der Waals surface area (Å²) in [5.41, 5.74) is 1.93. The standard InChI is InChI=1S/C19H16FN5OS/c1-13-21-17(26-24-13)12-27-19-23-22-18(15-7-9-16(20)10-8-15)25(19)11-14-5-3-2-4-6-14/h2-10H,11-12H2,1H3. The SMILES string of the molecule is Cc1noc(CSc2nnc(-c3ccc(F)cc3)n2Cc2ccccc2)n1. The minimum atomic E-state index is -0.283. The van der Waals surface area contributed by atoms with E-state index in [1.165, 1.54) is 23.9 Å². The highest BCUT2D eigenvalue weighted by Gasteiger charge is 2.16. The van der Waals surface area contributed by atoms with Crippen LogP contribution in [0.1, 0.15) is 17.3 Å². The Kier molecular flexibility index (Phi) is 4.97. The summed E-state index contributed by atoms with van der Waals surface area (Å²) in [4.78, 5) is 4.22. The summed E-state index contributed by atoms with van der Waals surface area (Å²) in [6, 6.07) is 16.3. The second-order valence-corrected chi connectivity index (χ2v) is 6.85. The molecule has 136 valence electrons. The predicted molar refractivity (Wildman–Crippen MR) is 99.6 cm³/mol. The molecule has 0 N–H and O–H groups in total. The molecule has 8 heteroatoms. The second kappa shape index (κ2) is 7.71. The van der Waals surface area contributed by atoms with Crippen molar-refractivity contribution in [2.24, 2.45) is 0 Å². The lowest BCUT2D eigenvalue weighted by Crippen LogP contribution is -2.04. The van der Waals surface area contributed by atoms with Gasteiger partial charge in [0.05, 0.1) is 12.3 Å². The van der Waals surface area contributed by atoms with Crippen LogP contribution in [-0.2, 0) is 12.3 Å².